The van der Waals surface area contributed by atoms with Gasteiger partial charge in [-0.1, -0.05) is 11.8 Å². The molecule has 1 aliphatic rings. The molecule has 0 saturated heterocycles. The van der Waals surface area contributed by atoms with Gasteiger partial charge in [0.25, 0.3) is 0 Å². The molecule has 0 aliphatic carbocycles. The molecule has 0 fully saturated rings. The molecule has 9 heteroatoms. The fraction of sp³-hybridized carbons (Fsp3) is 0.529. The summed E-state index contributed by atoms with van der Waals surface area (Å²) in [6.07, 6.45) is 2.71. The largest absolute Gasteiger partial charge is 0.461 e. The van der Waals surface area contributed by atoms with E-state index in [1.165, 1.54) is 22.2 Å². The van der Waals surface area contributed by atoms with Gasteiger partial charge in [-0.05, 0) is 39.5 Å². The number of hydrogen-bond acceptors (Lipinski definition) is 9. The minimum absolute atomic E-state index is 0.236. The van der Waals surface area contributed by atoms with Crippen molar-refractivity contribution < 1.29 is 14.3 Å². The highest BCUT2D eigenvalue weighted by molar-refractivity contribution is 7.98. The Morgan fingerprint density at radius 3 is 2.92 bits per heavy atom. The number of esters is 1. The lowest BCUT2D eigenvalue weighted by atomic mass is 9.94. The average Bonchev–Trinajstić information content (AvgIpc) is 2.95. The van der Waals surface area contributed by atoms with Gasteiger partial charge in [0.1, 0.15) is 10.5 Å². The molecule has 0 saturated carbocycles. The topological polar surface area (TPSA) is 85.7 Å². The first kappa shape index (κ1) is 19.1. The van der Waals surface area contributed by atoms with E-state index in [0.29, 0.717) is 24.2 Å². The Labute approximate surface area is 160 Å². The summed E-state index contributed by atoms with van der Waals surface area (Å²) in [4.78, 5) is 23.1. The number of hydrazone groups is 1. The SMILES string of the molecule is CCOC(=O)/C(C)=N\Nc1nc(SC)nc2sc3c(c12)CC(C)(C)OC3. The summed E-state index contributed by atoms with van der Waals surface area (Å²) in [5.74, 6) is 0.162. The average molecular weight is 395 g/mol. The van der Waals surface area contributed by atoms with Gasteiger partial charge in [0.05, 0.1) is 24.2 Å². The minimum atomic E-state index is -0.447. The van der Waals surface area contributed by atoms with Crippen LogP contribution in [0.4, 0.5) is 5.82 Å². The van der Waals surface area contributed by atoms with Crippen LogP contribution in [0, 0.1) is 0 Å². The first-order valence-electron chi connectivity index (χ1n) is 8.32. The highest BCUT2D eigenvalue weighted by atomic mass is 32.2. The predicted octanol–water partition coefficient (Wildman–Crippen LogP) is 3.62. The van der Waals surface area contributed by atoms with E-state index in [2.05, 4.69) is 34.3 Å². The number of anilines is 1. The van der Waals surface area contributed by atoms with Crippen LogP contribution < -0.4 is 5.43 Å². The molecule has 0 unspecified atom stereocenters. The number of nitrogens with zero attached hydrogens (tertiary/aromatic N) is 3. The third-order valence-electron chi connectivity index (χ3n) is 3.99. The van der Waals surface area contributed by atoms with Crippen LogP contribution in [-0.2, 0) is 27.3 Å². The van der Waals surface area contributed by atoms with E-state index in [1.807, 2.05) is 6.26 Å². The van der Waals surface area contributed by atoms with Gasteiger partial charge in [-0.25, -0.2) is 14.8 Å². The number of aromatic nitrogens is 2. The van der Waals surface area contributed by atoms with Crippen LogP contribution in [-0.4, -0.2) is 40.1 Å². The number of hydrogen-bond donors (Lipinski definition) is 1. The Morgan fingerprint density at radius 1 is 1.46 bits per heavy atom. The van der Waals surface area contributed by atoms with Crippen molar-refractivity contribution in [1.82, 2.24) is 9.97 Å². The molecular formula is C17H22N4O3S2. The number of ether oxygens (including phenoxy) is 2. The summed E-state index contributed by atoms with van der Waals surface area (Å²) in [7, 11) is 0. The van der Waals surface area contributed by atoms with Crippen LogP contribution in [0.1, 0.15) is 38.1 Å². The second kappa shape index (κ2) is 7.50. The van der Waals surface area contributed by atoms with E-state index in [9.17, 15) is 4.79 Å². The molecule has 0 amide bonds. The summed E-state index contributed by atoms with van der Waals surface area (Å²) in [6.45, 7) is 8.41. The third kappa shape index (κ3) is 3.84. The van der Waals surface area contributed by atoms with Crippen molar-refractivity contribution in [3.8, 4) is 0 Å². The van der Waals surface area contributed by atoms with Crippen LogP contribution in [0.2, 0.25) is 0 Å². The quantitative estimate of drug-likeness (QED) is 0.272. The first-order valence-corrected chi connectivity index (χ1v) is 10.4. The van der Waals surface area contributed by atoms with Crippen LogP contribution in [0.15, 0.2) is 10.3 Å². The van der Waals surface area contributed by atoms with Crippen molar-refractivity contribution >= 4 is 50.8 Å². The Hall–Kier alpha value is -1.71. The molecular weight excluding hydrogens is 372 g/mol. The number of nitrogens with one attached hydrogen (secondary N) is 1. The van der Waals surface area contributed by atoms with Crippen molar-refractivity contribution in [2.24, 2.45) is 5.10 Å². The number of carbonyl (C=O) groups is 1. The van der Waals surface area contributed by atoms with Gasteiger partial charge in [-0.2, -0.15) is 5.10 Å². The third-order valence-corrected chi connectivity index (χ3v) is 5.64. The van der Waals surface area contributed by atoms with E-state index in [0.717, 1.165) is 16.6 Å². The molecule has 2 aromatic heterocycles. The molecule has 26 heavy (non-hydrogen) atoms. The van der Waals surface area contributed by atoms with Gasteiger partial charge in [-0.15, -0.1) is 11.3 Å². The molecule has 3 rings (SSSR count). The smallest absolute Gasteiger partial charge is 0.354 e. The molecule has 2 aromatic rings. The Morgan fingerprint density at radius 2 is 2.23 bits per heavy atom. The second-order valence-electron chi connectivity index (χ2n) is 6.50. The first-order chi connectivity index (χ1) is 12.3. The number of thioether (sulfide) groups is 1. The van der Waals surface area contributed by atoms with Crippen molar-refractivity contribution in [3.05, 3.63) is 10.4 Å². The van der Waals surface area contributed by atoms with Gasteiger partial charge < -0.3 is 9.47 Å². The van der Waals surface area contributed by atoms with E-state index >= 15 is 0 Å². The zero-order chi connectivity index (χ0) is 18.9. The molecule has 0 spiro atoms. The lowest BCUT2D eigenvalue weighted by molar-refractivity contribution is -0.135. The Bertz CT molecular complexity index is 877. The predicted molar refractivity (Wildman–Crippen MR) is 105 cm³/mol. The van der Waals surface area contributed by atoms with E-state index in [1.54, 1.807) is 25.2 Å². The van der Waals surface area contributed by atoms with Gasteiger partial charge in [-0.3, -0.25) is 5.43 Å². The van der Waals surface area contributed by atoms with Gasteiger partial charge >= 0.3 is 5.97 Å². The van der Waals surface area contributed by atoms with Gasteiger partial charge in [0, 0.05) is 11.3 Å². The van der Waals surface area contributed by atoms with Crippen molar-refractivity contribution in [3.63, 3.8) is 0 Å². The molecule has 0 radical (unpaired) electrons. The maximum absolute atomic E-state index is 11.8. The fourth-order valence-electron chi connectivity index (χ4n) is 2.72. The zero-order valence-electron chi connectivity index (χ0n) is 15.5. The lowest BCUT2D eigenvalue weighted by Gasteiger charge is -2.30. The number of rotatable bonds is 5. The molecule has 140 valence electrons. The molecule has 0 aromatic carbocycles. The van der Waals surface area contributed by atoms with Crippen molar-refractivity contribution in [1.29, 1.82) is 0 Å². The van der Waals surface area contributed by atoms with Gasteiger partial charge in [0.15, 0.2) is 11.0 Å². The standard InChI is InChI=1S/C17H22N4O3S2/c1-6-23-15(22)9(2)20-21-13-12-10-7-17(3,4)24-8-11(10)26-14(12)19-16(18-13)25-5/h6-8H2,1-5H3,(H,18,19,21)/b20-9-. The summed E-state index contributed by atoms with van der Waals surface area (Å²) in [5, 5.41) is 5.78. The summed E-state index contributed by atoms with van der Waals surface area (Å²) in [5.41, 5.74) is 4.16. The Kier molecular flexibility index (Phi) is 5.50. The molecule has 0 bridgehead atoms. The number of fused-ring (bicyclic) bond motifs is 3. The summed E-state index contributed by atoms with van der Waals surface area (Å²) in [6, 6.07) is 0. The fourth-order valence-corrected chi connectivity index (χ4v) is 4.24. The van der Waals surface area contributed by atoms with Crippen LogP contribution in [0.25, 0.3) is 10.2 Å². The van der Waals surface area contributed by atoms with Crippen molar-refractivity contribution in [2.75, 3.05) is 18.3 Å². The molecule has 3 heterocycles. The Balaban J connectivity index is 2.04. The van der Waals surface area contributed by atoms with Crippen LogP contribution in [0.5, 0.6) is 0 Å². The van der Waals surface area contributed by atoms with Crippen LogP contribution in [0.3, 0.4) is 0 Å². The number of carbonyl (C=O) groups excluding carboxylic acids is 1. The lowest BCUT2D eigenvalue weighted by Crippen LogP contribution is -2.31. The van der Waals surface area contributed by atoms with Crippen molar-refractivity contribution in [2.45, 2.75) is 51.5 Å². The number of thiophene rings is 1. The highest BCUT2D eigenvalue weighted by Crippen LogP contribution is 2.41. The maximum atomic E-state index is 11.8. The van der Waals surface area contributed by atoms with Gasteiger partial charge in [0.2, 0.25) is 0 Å². The second-order valence-corrected chi connectivity index (χ2v) is 8.35. The zero-order valence-corrected chi connectivity index (χ0v) is 17.1. The monoisotopic (exact) mass is 394 g/mol. The highest BCUT2D eigenvalue weighted by Gasteiger charge is 2.31. The minimum Gasteiger partial charge on any atom is -0.461 e. The molecule has 0 atom stereocenters. The maximum Gasteiger partial charge on any atom is 0.354 e. The summed E-state index contributed by atoms with van der Waals surface area (Å²) < 4.78 is 10.9. The molecule has 1 aliphatic heterocycles. The van der Waals surface area contributed by atoms with E-state index in [-0.39, 0.29) is 11.3 Å². The van der Waals surface area contributed by atoms with E-state index < -0.39 is 5.97 Å². The molecule has 7 nitrogen and oxygen atoms in total. The van der Waals surface area contributed by atoms with Crippen LogP contribution >= 0.6 is 23.1 Å². The normalized spacial score (nSPS) is 16.4. The summed E-state index contributed by atoms with van der Waals surface area (Å²) >= 11 is 3.09. The van der Waals surface area contributed by atoms with E-state index in [4.69, 9.17) is 9.47 Å². The molecule has 1 N–H and O–H groups in total.